The highest BCUT2D eigenvalue weighted by Gasteiger charge is 2.45. The average Bonchev–Trinajstić information content (AvgIpc) is 2.41. The van der Waals surface area contributed by atoms with E-state index in [4.69, 9.17) is 4.74 Å². The predicted molar refractivity (Wildman–Crippen MR) is 78.4 cm³/mol. The van der Waals surface area contributed by atoms with Crippen molar-refractivity contribution < 1.29 is 23.1 Å². The van der Waals surface area contributed by atoms with Gasteiger partial charge in [0.1, 0.15) is 0 Å². The molecule has 0 atom stereocenters. The molecule has 0 aromatic heterocycles. The Morgan fingerprint density at radius 2 is 1.68 bits per heavy atom. The summed E-state index contributed by atoms with van der Waals surface area (Å²) in [4.78, 5) is 23.8. The highest BCUT2D eigenvalue weighted by Crippen LogP contribution is 2.31. The van der Waals surface area contributed by atoms with Crippen molar-refractivity contribution in [1.29, 1.82) is 0 Å². The maximum absolute atomic E-state index is 13.1. The molecule has 2 N–H and O–H groups in total. The van der Waals surface area contributed by atoms with E-state index in [1.54, 1.807) is 27.7 Å². The summed E-state index contributed by atoms with van der Waals surface area (Å²) in [6.45, 7) is 6.59. The quantitative estimate of drug-likeness (QED) is 0.839. The van der Waals surface area contributed by atoms with Gasteiger partial charge in [0, 0.05) is 11.8 Å². The molecule has 0 unspecified atom stereocenters. The highest BCUT2D eigenvalue weighted by atomic mass is 19.2. The Bertz CT molecular complexity index is 586. The summed E-state index contributed by atoms with van der Waals surface area (Å²) in [7, 11) is 1.27. The first-order valence-electron chi connectivity index (χ1n) is 6.64. The first kappa shape index (κ1) is 17.9. The highest BCUT2D eigenvalue weighted by molar-refractivity contribution is 5.90. The minimum absolute atomic E-state index is 0.100. The first-order chi connectivity index (χ1) is 10.0. The van der Waals surface area contributed by atoms with E-state index in [9.17, 15) is 18.4 Å². The molecule has 0 bridgehead atoms. The standard InChI is InChI=1S/C15H20F2N2O3/c1-14(2,12(20)22-5)15(3,4)19-13(21)18-9-6-7-10(16)11(17)8-9/h6-8H,1-5H3,(H2,18,19,21). The molecule has 0 spiro atoms. The molecular formula is C15H20F2N2O3. The van der Waals surface area contributed by atoms with E-state index < -0.39 is 34.6 Å². The topological polar surface area (TPSA) is 67.4 Å². The second-order valence-electron chi connectivity index (χ2n) is 5.95. The van der Waals surface area contributed by atoms with Crippen molar-refractivity contribution in [2.75, 3.05) is 12.4 Å². The lowest BCUT2D eigenvalue weighted by Gasteiger charge is -2.39. The van der Waals surface area contributed by atoms with Gasteiger partial charge >= 0.3 is 12.0 Å². The Morgan fingerprint density at radius 3 is 2.18 bits per heavy atom. The Kier molecular flexibility index (Phi) is 5.11. The minimum atomic E-state index is -1.06. The number of nitrogens with one attached hydrogen (secondary N) is 2. The molecule has 0 heterocycles. The van der Waals surface area contributed by atoms with Crippen molar-refractivity contribution in [2.24, 2.45) is 5.41 Å². The van der Waals surface area contributed by atoms with Crippen LogP contribution in [-0.4, -0.2) is 24.6 Å². The van der Waals surface area contributed by atoms with Gasteiger partial charge < -0.3 is 15.4 Å². The van der Waals surface area contributed by atoms with E-state index in [0.29, 0.717) is 0 Å². The van der Waals surface area contributed by atoms with Crippen LogP contribution >= 0.6 is 0 Å². The number of ether oxygens (including phenoxy) is 1. The Labute approximate surface area is 128 Å². The number of benzene rings is 1. The lowest BCUT2D eigenvalue weighted by molar-refractivity contribution is -0.154. The smallest absolute Gasteiger partial charge is 0.319 e. The Hall–Kier alpha value is -2.18. The lowest BCUT2D eigenvalue weighted by Crippen LogP contribution is -2.58. The van der Waals surface area contributed by atoms with Gasteiger partial charge in [0.2, 0.25) is 0 Å². The van der Waals surface area contributed by atoms with Crippen molar-refractivity contribution in [1.82, 2.24) is 5.32 Å². The second-order valence-corrected chi connectivity index (χ2v) is 5.95. The molecule has 0 saturated carbocycles. The van der Waals surface area contributed by atoms with Gasteiger partial charge in [-0.15, -0.1) is 0 Å². The third-order valence-electron chi connectivity index (χ3n) is 3.86. The number of methoxy groups -OCH3 is 1. The second kappa shape index (κ2) is 6.29. The van der Waals surface area contributed by atoms with Gasteiger partial charge in [-0.05, 0) is 39.8 Å². The van der Waals surface area contributed by atoms with E-state index in [2.05, 4.69) is 10.6 Å². The normalized spacial score (nSPS) is 11.8. The van der Waals surface area contributed by atoms with Gasteiger partial charge in [0.05, 0.1) is 18.1 Å². The SMILES string of the molecule is COC(=O)C(C)(C)C(C)(C)NC(=O)Nc1ccc(F)c(F)c1. The van der Waals surface area contributed by atoms with E-state index >= 15 is 0 Å². The third-order valence-corrected chi connectivity index (χ3v) is 3.86. The Morgan fingerprint density at radius 1 is 1.09 bits per heavy atom. The number of hydrogen-bond donors (Lipinski definition) is 2. The van der Waals surface area contributed by atoms with Gasteiger partial charge in [0.25, 0.3) is 0 Å². The summed E-state index contributed by atoms with van der Waals surface area (Å²) >= 11 is 0. The summed E-state index contributed by atoms with van der Waals surface area (Å²) in [5.41, 5.74) is -1.83. The minimum Gasteiger partial charge on any atom is -0.469 e. The summed E-state index contributed by atoms with van der Waals surface area (Å²) in [5, 5.41) is 5.01. The van der Waals surface area contributed by atoms with Crippen LogP contribution in [0, 0.1) is 17.0 Å². The summed E-state index contributed by atoms with van der Waals surface area (Å²) < 4.78 is 30.7. The van der Waals surface area contributed by atoms with Crippen molar-refractivity contribution in [2.45, 2.75) is 33.2 Å². The number of urea groups is 1. The summed E-state index contributed by atoms with van der Waals surface area (Å²) in [6.07, 6.45) is 0. The zero-order valence-electron chi connectivity index (χ0n) is 13.2. The van der Waals surface area contributed by atoms with Gasteiger partial charge in [-0.1, -0.05) is 0 Å². The van der Waals surface area contributed by atoms with Crippen LogP contribution < -0.4 is 10.6 Å². The van der Waals surface area contributed by atoms with Crippen molar-refractivity contribution in [3.63, 3.8) is 0 Å². The number of amides is 2. The molecule has 0 aliphatic rings. The van der Waals surface area contributed by atoms with Crippen LogP contribution in [0.4, 0.5) is 19.3 Å². The molecule has 7 heteroatoms. The number of halogens is 2. The largest absolute Gasteiger partial charge is 0.469 e. The van der Waals surface area contributed by atoms with Gasteiger partial charge in [-0.2, -0.15) is 0 Å². The maximum Gasteiger partial charge on any atom is 0.319 e. The molecule has 0 aliphatic carbocycles. The van der Waals surface area contributed by atoms with Crippen LogP contribution in [0.15, 0.2) is 18.2 Å². The zero-order chi connectivity index (χ0) is 17.1. The Balaban J connectivity index is 2.82. The molecule has 22 heavy (non-hydrogen) atoms. The molecule has 5 nitrogen and oxygen atoms in total. The van der Waals surface area contributed by atoms with E-state index in [1.165, 1.54) is 13.2 Å². The molecule has 0 aliphatic heterocycles. The van der Waals surface area contributed by atoms with Crippen LogP contribution in [0.5, 0.6) is 0 Å². The van der Waals surface area contributed by atoms with Gasteiger partial charge in [-0.25, -0.2) is 13.6 Å². The first-order valence-corrected chi connectivity index (χ1v) is 6.64. The fraction of sp³-hybridized carbons (Fsp3) is 0.467. The molecule has 1 rings (SSSR count). The van der Waals surface area contributed by atoms with Gasteiger partial charge in [0.15, 0.2) is 11.6 Å². The summed E-state index contributed by atoms with van der Waals surface area (Å²) in [6, 6.07) is 2.37. The fourth-order valence-corrected chi connectivity index (χ4v) is 1.69. The maximum atomic E-state index is 13.1. The molecule has 0 fully saturated rings. The van der Waals surface area contributed by atoms with E-state index in [1.807, 2.05) is 0 Å². The number of carbonyl (C=O) groups is 2. The zero-order valence-corrected chi connectivity index (χ0v) is 13.2. The number of hydrogen-bond acceptors (Lipinski definition) is 3. The molecule has 0 saturated heterocycles. The van der Waals surface area contributed by atoms with Crippen molar-refractivity contribution >= 4 is 17.7 Å². The van der Waals surface area contributed by atoms with Crippen molar-refractivity contribution in [3.8, 4) is 0 Å². The van der Waals surface area contributed by atoms with Crippen LogP contribution in [0.1, 0.15) is 27.7 Å². The monoisotopic (exact) mass is 314 g/mol. The number of carbonyl (C=O) groups excluding carboxylic acids is 2. The van der Waals surface area contributed by atoms with Crippen LogP contribution in [-0.2, 0) is 9.53 Å². The van der Waals surface area contributed by atoms with E-state index in [0.717, 1.165) is 12.1 Å². The molecular weight excluding hydrogens is 294 g/mol. The number of rotatable bonds is 4. The fourth-order valence-electron chi connectivity index (χ4n) is 1.69. The van der Waals surface area contributed by atoms with Crippen LogP contribution in [0.2, 0.25) is 0 Å². The van der Waals surface area contributed by atoms with Crippen LogP contribution in [0.3, 0.4) is 0 Å². The average molecular weight is 314 g/mol. The molecule has 1 aromatic rings. The third kappa shape index (κ3) is 3.72. The van der Waals surface area contributed by atoms with Crippen LogP contribution in [0.25, 0.3) is 0 Å². The predicted octanol–water partition coefficient (Wildman–Crippen LogP) is 3.06. The number of anilines is 1. The summed E-state index contributed by atoms with van der Waals surface area (Å²) in [5.74, 6) is -2.55. The molecule has 2 amide bonds. The number of esters is 1. The lowest BCUT2D eigenvalue weighted by atomic mass is 9.74. The molecule has 0 radical (unpaired) electrons. The van der Waals surface area contributed by atoms with E-state index in [-0.39, 0.29) is 5.69 Å². The van der Waals surface area contributed by atoms with Crippen molar-refractivity contribution in [3.05, 3.63) is 29.8 Å². The molecule has 1 aromatic carbocycles. The molecule has 122 valence electrons. The van der Waals surface area contributed by atoms with Gasteiger partial charge in [-0.3, -0.25) is 4.79 Å².